The Morgan fingerprint density at radius 1 is 1.27 bits per heavy atom. The minimum atomic E-state index is -4.22. The van der Waals surface area contributed by atoms with E-state index in [-0.39, 0.29) is 36.1 Å². The van der Waals surface area contributed by atoms with E-state index in [2.05, 4.69) is 0 Å². The van der Waals surface area contributed by atoms with Crippen molar-refractivity contribution in [1.29, 1.82) is 0 Å². The van der Waals surface area contributed by atoms with Crippen molar-refractivity contribution in [2.75, 3.05) is 38.0 Å². The zero-order valence-corrected chi connectivity index (χ0v) is 13.1. The van der Waals surface area contributed by atoms with Crippen LogP contribution in [0.1, 0.15) is 6.92 Å². The number of nitrogens with zero attached hydrogens (tertiary/aromatic N) is 1. The predicted molar refractivity (Wildman–Crippen MR) is 87.0 cm³/mol. The Labute approximate surface area is 153 Å². The number of para-hydroxylation sites is 1. The third kappa shape index (κ3) is 6.31. The number of aliphatic hydroxyl groups is 1. The molecule has 0 radical (unpaired) electrons. The topological polar surface area (TPSA) is 96.3 Å². The normalized spacial score (nSPS) is 12.2. The zero-order valence-electron chi connectivity index (χ0n) is 12.3. The van der Waals surface area contributed by atoms with Gasteiger partial charge in [-0.15, -0.1) is 0 Å². The molecule has 0 saturated carbocycles. The number of hydrogen-bond acceptors (Lipinski definition) is 6. The van der Waals surface area contributed by atoms with Crippen molar-refractivity contribution in [2.45, 2.75) is 13.0 Å². The van der Waals surface area contributed by atoms with E-state index in [1.165, 1.54) is 14.2 Å². The van der Waals surface area contributed by atoms with E-state index < -0.39 is 22.0 Å². The van der Waals surface area contributed by atoms with Crippen LogP contribution in [-0.2, 0) is 10.1 Å². The first-order chi connectivity index (χ1) is 9.82. The monoisotopic (exact) mass is 343 g/mol. The number of rotatable bonds is 8. The van der Waals surface area contributed by atoms with Crippen molar-refractivity contribution < 1.29 is 27.6 Å². The fourth-order valence-electron chi connectivity index (χ4n) is 2.07. The summed E-state index contributed by atoms with van der Waals surface area (Å²) in [5, 5.41) is 9.78. The number of benzene rings is 1. The van der Waals surface area contributed by atoms with Gasteiger partial charge in [0.2, 0.25) is 0 Å². The van der Waals surface area contributed by atoms with Crippen molar-refractivity contribution >= 4 is 45.4 Å². The molecule has 0 aliphatic heterocycles. The van der Waals surface area contributed by atoms with Gasteiger partial charge in [-0.25, -0.2) is 0 Å². The Kier molecular flexibility index (Phi) is 9.37. The van der Waals surface area contributed by atoms with Crippen molar-refractivity contribution in [1.82, 2.24) is 0 Å². The first-order valence-corrected chi connectivity index (χ1v) is 8.02. The van der Waals surface area contributed by atoms with Gasteiger partial charge in [-0.05, 0) is 19.1 Å². The maximum atomic E-state index is 10.8. The van der Waals surface area contributed by atoms with Crippen LogP contribution < -0.4 is 14.4 Å². The van der Waals surface area contributed by atoms with Gasteiger partial charge in [0.25, 0.3) is 10.1 Å². The van der Waals surface area contributed by atoms with Gasteiger partial charge >= 0.3 is 29.6 Å². The molecule has 2 N–H and O–H groups in total. The van der Waals surface area contributed by atoms with Gasteiger partial charge in [-0.2, -0.15) is 8.42 Å². The number of anilines is 1. The standard InChI is InChI=1S/C13H21NO6S.Na.H/c1-4-14(8-10(15)9-21(16,17)18)11-6-5-7-12(19-2)13(11)20-3;;/h5-7,10,15H,4,8-9H2,1-3H3,(H,16,17,18);;. The Morgan fingerprint density at radius 3 is 2.36 bits per heavy atom. The molecule has 7 nitrogen and oxygen atoms in total. The van der Waals surface area contributed by atoms with Gasteiger partial charge in [0, 0.05) is 13.1 Å². The van der Waals surface area contributed by atoms with Gasteiger partial charge in [-0.3, -0.25) is 4.55 Å². The summed E-state index contributed by atoms with van der Waals surface area (Å²) in [6, 6.07) is 5.30. The molecule has 0 amide bonds. The summed E-state index contributed by atoms with van der Waals surface area (Å²) < 4.78 is 40.9. The van der Waals surface area contributed by atoms with Crippen LogP contribution in [0.4, 0.5) is 5.69 Å². The van der Waals surface area contributed by atoms with Crippen LogP contribution >= 0.6 is 0 Å². The van der Waals surface area contributed by atoms with Crippen LogP contribution in [0.25, 0.3) is 0 Å². The number of hydrogen-bond donors (Lipinski definition) is 2. The van der Waals surface area contributed by atoms with Crippen molar-refractivity contribution in [3.63, 3.8) is 0 Å². The summed E-state index contributed by atoms with van der Waals surface area (Å²) in [5.41, 5.74) is 0.675. The van der Waals surface area contributed by atoms with Crippen molar-refractivity contribution in [3.05, 3.63) is 18.2 Å². The first-order valence-electron chi connectivity index (χ1n) is 6.41. The molecule has 1 unspecified atom stereocenters. The van der Waals surface area contributed by atoms with E-state index in [0.29, 0.717) is 23.7 Å². The molecule has 0 bridgehead atoms. The van der Waals surface area contributed by atoms with Gasteiger partial charge in [-0.1, -0.05) is 6.07 Å². The second-order valence-electron chi connectivity index (χ2n) is 4.45. The van der Waals surface area contributed by atoms with Gasteiger partial charge in [0.1, 0.15) is 5.75 Å². The van der Waals surface area contributed by atoms with Crippen LogP contribution in [-0.4, -0.2) is 86.8 Å². The molecule has 1 aromatic rings. The average molecular weight is 343 g/mol. The van der Waals surface area contributed by atoms with E-state index >= 15 is 0 Å². The number of likely N-dealkylation sites (N-methyl/N-ethyl adjacent to an activating group) is 1. The van der Waals surface area contributed by atoms with E-state index in [1.54, 1.807) is 23.1 Å². The molecule has 0 aliphatic rings. The molecular formula is C13H22NNaO6S. The summed E-state index contributed by atoms with van der Waals surface area (Å²) in [6.07, 6.45) is -1.21. The number of aliphatic hydroxyl groups excluding tert-OH is 1. The molecule has 0 fully saturated rings. The summed E-state index contributed by atoms with van der Waals surface area (Å²) in [4.78, 5) is 1.75. The predicted octanol–water partition coefficient (Wildman–Crippen LogP) is 0.130. The van der Waals surface area contributed by atoms with Gasteiger partial charge < -0.3 is 19.5 Å². The minimum absolute atomic E-state index is 0. The molecular weight excluding hydrogens is 321 g/mol. The molecule has 0 spiro atoms. The third-order valence-corrected chi connectivity index (χ3v) is 3.74. The van der Waals surface area contributed by atoms with Gasteiger partial charge in [0.05, 0.1) is 26.0 Å². The van der Waals surface area contributed by atoms with E-state index in [1.807, 2.05) is 6.92 Å². The summed E-state index contributed by atoms with van der Waals surface area (Å²) >= 11 is 0. The third-order valence-electron chi connectivity index (χ3n) is 2.94. The number of methoxy groups -OCH3 is 2. The average Bonchev–Trinajstić information content (AvgIpc) is 2.41. The quantitative estimate of drug-likeness (QED) is 0.511. The first kappa shape index (κ1) is 21.5. The fraction of sp³-hybridized carbons (Fsp3) is 0.538. The zero-order chi connectivity index (χ0) is 16.0. The molecule has 0 heterocycles. The van der Waals surface area contributed by atoms with E-state index in [4.69, 9.17) is 14.0 Å². The molecule has 1 rings (SSSR count). The van der Waals surface area contributed by atoms with Crippen LogP contribution in [0.5, 0.6) is 11.5 Å². The Bertz CT molecular complexity index is 566. The SMILES string of the molecule is CCN(CC(O)CS(=O)(=O)O)c1cccc(OC)c1OC.[NaH]. The Hall–Kier alpha value is -0.510. The molecule has 0 aliphatic carbocycles. The number of ether oxygens (including phenoxy) is 2. The molecule has 1 atom stereocenters. The molecule has 1 aromatic carbocycles. The molecule has 0 aromatic heterocycles. The van der Waals surface area contributed by atoms with Crippen molar-refractivity contribution in [3.8, 4) is 11.5 Å². The van der Waals surface area contributed by atoms with Crippen LogP contribution in [0, 0.1) is 0 Å². The Morgan fingerprint density at radius 2 is 1.91 bits per heavy atom. The molecule has 122 valence electrons. The fourth-order valence-corrected chi connectivity index (χ4v) is 2.66. The summed E-state index contributed by atoms with van der Waals surface area (Å²) in [6.45, 7) is 2.42. The molecule has 22 heavy (non-hydrogen) atoms. The van der Waals surface area contributed by atoms with E-state index in [0.717, 1.165) is 0 Å². The molecule has 9 heteroatoms. The van der Waals surface area contributed by atoms with Crippen molar-refractivity contribution in [2.24, 2.45) is 0 Å². The summed E-state index contributed by atoms with van der Waals surface area (Å²) in [7, 11) is -1.20. The second-order valence-corrected chi connectivity index (χ2v) is 5.95. The molecule has 0 saturated heterocycles. The van der Waals surface area contributed by atoms with E-state index in [9.17, 15) is 13.5 Å². The second kappa shape index (κ2) is 9.59. The maximum absolute atomic E-state index is 10.8. The van der Waals surface area contributed by atoms with Crippen LogP contribution in [0.15, 0.2) is 18.2 Å². The van der Waals surface area contributed by atoms with Crippen LogP contribution in [0.3, 0.4) is 0 Å². The Balaban J connectivity index is 0.00000441. The van der Waals surface area contributed by atoms with Crippen LogP contribution in [0.2, 0.25) is 0 Å². The van der Waals surface area contributed by atoms with Gasteiger partial charge in [0.15, 0.2) is 11.5 Å². The summed E-state index contributed by atoms with van der Waals surface area (Å²) in [5.74, 6) is 0.328.